The molecule has 1 N–H and O–H groups in total. The van der Waals surface area contributed by atoms with Gasteiger partial charge in [0.1, 0.15) is 17.2 Å². The number of carbonyl (C=O) groups is 2. The minimum Gasteiger partial charge on any atom is -0.488 e. The minimum atomic E-state index is -0.819. The van der Waals surface area contributed by atoms with Gasteiger partial charge in [0.2, 0.25) is 0 Å². The minimum absolute atomic E-state index is 0.330. The molecule has 6 heteroatoms. The largest absolute Gasteiger partial charge is 0.488 e. The first-order valence-electron chi connectivity index (χ1n) is 6.87. The molecule has 5 nitrogen and oxygen atoms in total. The van der Waals surface area contributed by atoms with Gasteiger partial charge in [-0.1, -0.05) is 12.1 Å². The Morgan fingerprint density at radius 2 is 2.14 bits per heavy atom. The predicted octanol–water partition coefficient (Wildman–Crippen LogP) is 2.60. The van der Waals surface area contributed by atoms with Crippen LogP contribution >= 0.6 is 11.3 Å². The quantitative estimate of drug-likeness (QED) is 0.884. The zero-order valence-electron chi connectivity index (χ0n) is 12.2. The standard InChI is InChI=1S/C16H15NO4S/c1-9(15(18)17-2)21-16(19)13-7-10-8-20-12-6-4-3-5-11(12)14(10)22-13/h3-7,9H,8H2,1-2H3,(H,17,18)/t9-/m0/s1. The van der Waals surface area contributed by atoms with Crippen LogP contribution in [0.25, 0.3) is 10.4 Å². The van der Waals surface area contributed by atoms with Crippen molar-refractivity contribution in [3.8, 4) is 16.2 Å². The van der Waals surface area contributed by atoms with E-state index in [2.05, 4.69) is 5.32 Å². The number of ether oxygens (including phenoxy) is 2. The van der Waals surface area contributed by atoms with Crippen LogP contribution in [0.3, 0.4) is 0 Å². The summed E-state index contributed by atoms with van der Waals surface area (Å²) in [6, 6.07) is 9.49. The number of rotatable bonds is 3. The van der Waals surface area contributed by atoms with Crippen LogP contribution in [0.1, 0.15) is 22.2 Å². The Morgan fingerprint density at radius 3 is 2.91 bits per heavy atom. The van der Waals surface area contributed by atoms with Gasteiger partial charge >= 0.3 is 5.97 Å². The summed E-state index contributed by atoms with van der Waals surface area (Å²) >= 11 is 1.36. The third-order valence-electron chi connectivity index (χ3n) is 3.42. The van der Waals surface area contributed by atoms with Gasteiger partial charge in [-0.3, -0.25) is 4.79 Å². The molecule has 0 radical (unpaired) electrons. The Morgan fingerprint density at radius 1 is 1.36 bits per heavy atom. The third-order valence-corrected chi connectivity index (χ3v) is 4.62. The highest BCUT2D eigenvalue weighted by molar-refractivity contribution is 7.17. The highest BCUT2D eigenvalue weighted by Crippen LogP contribution is 2.42. The van der Waals surface area contributed by atoms with Crippen LogP contribution in [-0.2, 0) is 16.1 Å². The van der Waals surface area contributed by atoms with Crippen LogP contribution in [0.5, 0.6) is 5.75 Å². The van der Waals surface area contributed by atoms with E-state index in [0.717, 1.165) is 21.8 Å². The smallest absolute Gasteiger partial charge is 0.349 e. The van der Waals surface area contributed by atoms with Gasteiger partial charge in [0, 0.05) is 23.1 Å². The van der Waals surface area contributed by atoms with Gasteiger partial charge in [-0.05, 0) is 25.1 Å². The molecule has 0 saturated carbocycles. The molecule has 1 aromatic heterocycles. The normalized spacial score (nSPS) is 13.4. The summed E-state index contributed by atoms with van der Waals surface area (Å²) in [7, 11) is 1.50. The topological polar surface area (TPSA) is 64.6 Å². The molecule has 0 saturated heterocycles. The number of para-hydroxylation sites is 1. The van der Waals surface area contributed by atoms with Crippen molar-refractivity contribution in [1.29, 1.82) is 0 Å². The average Bonchev–Trinajstić information content (AvgIpc) is 2.98. The van der Waals surface area contributed by atoms with E-state index in [1.165, 1.54) is 18.4 Å². The maximum atomic E-state index is 12.2. The van der Waals surface area contributed by atoms with Crippen molar-refractivity contribution in [3.63, 3.8) is 0 Å². The number of fused-ring (bicyclic) bond motifs is 3. The summed E-state index contributed by atoms with van der Waals surface area (Å²) in [5, 5.41) is 2.45. The number of hydrogen-bond donors (Lipinski definition) is 1. The molecule has 3 rings (SSSR count). The number of esters is 1. The van der Waals surface area contributed by atoms with Crippen molar-refractivity contribution < 1.29 is 19.1 Å². The second-order valence-corrected chi connectivity index (χ2v) is 5.96. The van der Waals surface area contributed by atoms with Gasteiger partial charge in [-0.25, -0.2) is 4.79 Å². The van der Waals surface area contributed by atoms with E-state index in [0.29, 0.717) is 11.5 Å². The van der Waals surface area contributed by atoms with E-state index >= 15 is 0 Å². The van der Waals surface area contributed by atoms with Gasteiger partial charge < -0.3 is 14.8 Å². The Kier molecular flexibility index (Phi) is 3.85. The first-order valence-corrected chi connectivity index (χ1v) is 7.69. The molecule has 0 spiro atoms. The third kappa shape index (κ3) is 2.57. The number of thiophene rings is 1. The van der Waals surface area contributed by atoms with Crippen LogP contribution in [-0.4, -0.2) is 25.0 Å². The fourth-order valence-electron chi connectivity index (χ4n) is 2.28. The van der Waals surface area contributed by atoms with Gasteiger partial charge in [0.05, 0.1) is 0 Å². The molecule has 0 fully saturated rings. The molecule has 114 valence electrons. The lowest BCUT2D eigenvalue weighted by Crippen LogP contribution is -2.33. The zero-order chi connectivity index (χ0) is 15.7. The number of amides is 1. The molecule has 1 atom stereocenters. The van der Waals surface area contributed by atoms with E-state index in [-0.39, 0.29) is 5.91 Å². The highest BCUT2D eigenvalue weighted by atomic mass is 32.1. The van der Waals surface area contributed by atoms with Crippen molar-refractivity contribution in [2.45, 2.75) is 19.6 Å². The van der Waals surface area contributed by atoms with E-state index < -0.39 is 12.1 Å². The van der Waals surface area contributed by atoms with E-state index in [1.807, 2.05) is 24.3 Å². The molecular formula is C16H15NO4S. The molecular weight excluding hydrogens is 302 g/mol. The van der Waals surface area contributed by atoms with Crippen LogP contribution in [0, 0.1) is 0 Å². The Labute approximate surface area is 131 Å². The van der Waals surface area contributed by atoms with Gasteiger partial charge in [0.15, 0.2) is 6.10 Å². The molecule has 1 aromatic carbocycles. The summed E-state index contributed by atoms with van der Waals surface area (Å²) in [5.41, 5.74) is 1.94. The lowest BCUT2D eigenvalue weighted by Gasteiger charge is -2.16. The Hall–Kier alpha value is -2.34. The SMILES string of the molecule is CNC(=O)[C@H](C)OC(=O)c1cc2c(s1)-c1ccccc1OC2. The maximum absolute atomic E-state index is 12.2. The molecule has 2 heterocycles. The number of nitrogens with one attached hydrogen (secondary N) is 1. The van der Waals surface area contributed by atoms with Crippen molar-refractivity contribution in [3.05, 3.63) is 40.8 Å². The van der Waals surface area contributed by atoms with Gasteiger partial charge in [0.25, 0.3) is 5.91 Å². The zero-order valence-corrected chi connectivity index (χ0v) is 13.0. The molecule has 2 aromatic rings. The Balaban J connectivity index is 1.85. The van der Waals surface area contributed by atoms with Crippen LogP contribution in [0.4, 0.5) is 0 Å². The molecule has 1 aliphatic rings. The number of carbonyl (C=O) groups excluding carboxylic acids is 2. The molecule has 0 bridgehead atoms. The van der Waals surface area contributed by atoms with Crippen molar-refractivity contribution in [2.75, 3.05) is 7.05 Å². The van der Waals surface area contributed by atoms with E-state index in [9.17, 15) is 9.59 Å². The van der Waals surface area contributed by atoms with Crippen LogP contribution in [0.15, 0.2) is 30.3 Å². The maximum Gasteiger partial charge on any atom is 0.349 e. The van der Waals surface area contributed by atoms with E-state index in [1.54, 1.807) is 13.0 Å². The summed E-state index contributed by atoms with van der Waals surface area (Å²) in [4.78, 5) is 25.1. The number of likely N-dealkylation sites (N-methyl/N-ethyl adjacent to an activating group) is 1. The van der Waals surface area contributed by atoms with Crippen molar-refractivity contribution >= 4 is 23.2 Å². The van der Waals surface area contributed by atoms with Crippen molar-refractivity contribution in [2.24, 2.45) is 0 Å². The highest BCUT2D eigenvalue weighted by Gasteiger charge is 2.24. The molecule has 22 heavy (non-hydrogen) atoms. The molecule has 0 aliphatic carbocycles. The first kappa shape index (κ1) is 14.6. The second kappa shape index (κ2) is 5.81. The predicted molar refractivity (Wildman–Crippen MR) is 83.0 cm³/mol. The van der Waals surface area contributed by atoms with Crippen molar-refractivity contribution in [1.82, 2.24) is 5.32 Å². The first-order chi connectivity index (χ1) is 10.6. The van der Waals surface area contributed by atoms with Gasteiger partial charge in [-0.2, -0.15) is 0 Å². The van der Waals surface area contributed by atoms with E-state index in [4.69, 9.17) is 9.47 Å². The van der Waals surface area contributed by atoms with Crippen LogP contribution in [0.2, 0.25) is 0 Å². The molecule has 1 amide bonds. The molecule has 1 aliphatic heterocycles. The monoisotopic (exact) mass is 317 g/mol. The fourth-order valence-corrected chi connectivity index (χ4v) is 3.36. The summed E-state index contributed by atoms with van der Waals surface area (Å²) in [6.45, 7) is 1.98. The lowest BCUT2D eigenvalue weighted by atomic mass is 10.1. The summed E-state index contributed by atoms with van der Waals surface area (Å²) in [6.07, 6.45) is -0.819. The average molecular weight is 317 g/mol. The lowest BCUT2D eigenvalue weighted by molar-refractivity contribution is -0.128. The molecule has 0 unspecified atom stereocenters. The number of benzene rings is 1. The van der Waals surface area contributed by atoms with Gasteiger partial charge in [-0.15, -0.1) is 11.3 Å². The number of hydrogen-bond acceptors (Lipinski definition) is 5. The summed E-state index contributed by atoms with van der Waals surface area (Å²) in [5.74, 6) is -0.00757. The van der Waals surface area contributed by atoms with Crippen LogP contribution < -0.4 is 10.1 Å². The fraction of sp³-hybridized carbons (Fsp3) is 0.250. The summed E-state index contributed by atoms with van der Waals surface area (Å²) < 4.78 is 10.8. The Bertz CT molecular complexity index is 737. The second-order valence-electron chi connectivity index (χ2n) is 4.91.